The van der Waals surface area contributed by atoms with E-state index in [4.69, 9.17) is 0 Å². The SMILES string of the molecule is O=Cc1cc(Br)cc(C(F)(F)F)c1[N+](=O)[O-]. The van der Waals surface area contributed by atoms with E-state index in [0.29, 0.717) is 6.07 Å². The first-order valence-electron chi connectivity index (χ1n) is 3.77. The molecule has 0 saturated carbocycles. The number of hydrogen-bond acceptors (Lipinski definition) is 3. The van der Waals surface area contributed by atoms with Gasteiger partial charge < -0.3 is 0 Å². The summed E-state index contributed by atoms with van der Waals surface area (Å²) in [5.41, 5.74) is -3.30. The largest absolute Gasteiger partial charge is 0.423 e. The molecule has 0 fully saturated rings. The molecule has 0 aromatic heterocycles. The van der Waals surface area contributed by atoms with Gasteiger partial charge in [-0.2, -0.15) is 13.2 Å². The number of nitro benzene ring substituents is 1. The molecule has 0 N–H and O–H groups in total. The first-order valence-corrected chi connectivity index (χ1v) is 4.57. The number of carbonyl (C=O) groups excluding carboxylic acids is 1. The van der Waals surface area contributed by atoms with Gasteiger partial charge in [0.15, 0.2) is 6.29 Å². The summed E-state index contributed by atoms with van der Waals surface area (Å²) in [6.45, 7) is 0. The van der Waals surface area contributed by atoms with Gasteiger partial charge in [-0.05, 0) is 12.1 Å². The fourth-order valence-electron chi connectivity index (χ4n) is 1.13. The molecule has 0 bridgehead atoms. The minimum Gasteiger partial charge on any atom is -0.298 e. The van der Waals surface area contributed by atoms with Crippen LogP contribution in [-0.4, -0.2) is 11.2 Å². The summed E-state index contributed by atoms with van der Waals surface area (Å²) in [6.07, 6.45) is -4.87. The molecule has 16 heavy (non-hydrogen) atoms. The molecule has 0 aliphatic carbocycles. The summed E-state index contributed by atoms with van der Waals surface area (Å²) in [5.74, 6) is 0. The third kappa shape index (κ3) is 2.38. The molecular weight excluding hydrogens is 295 g/mol. The Bertz CT molecular complexity index is 459. The van der Waals surface area contributed by atoms with Crippen molar-refractivity contribution in [3.8, 4) is 0 Å². The van der Waals surface area contributed by atoms with Crippen molar-refractivity contribution in [1.29, 1.82) is 0 Å². The summed E-state index contributed by atoms with van der Waals surface area (Å²) < 4.78 is 37.3. The lowest BCUT2D eigenvalue weighted by atomic mass is 10.1. The average molecular weight is 298 g/mol. The quantitative estimate of drug-likeness (QED) is 0.478. The third-order valence-electron chi connectivity index (χ3n) is 1.72. The summed E-state index contributed by atoms with van der Waals surface area (Å²) in [4.78, 5) is 19.7. The summed E-state index contributed by atoms with van der Waals surface area (Å²) >= 11 is 2.75. The lowest BCUT2D eigenvalue weighted by Gasteiger charge is -2.09. The van der Waals surface area contributed by atoms with Gasteiger partial charge in [0.25, 0.3) is 5.69 Å². The van der Waals surface area contributed by atoms with Gasteiger partial charge in [-0.1, -0.05) is 15.9 Å². The van der Waals surface area contributed by atoms with Crippen molar-refractivity contribution in [3.05, 3.63) is 37.8 Å². The topological polar surface area (TPSA) is 60.2 Å². The highest BCUT2D eigenvalue weighted by molar-refractivity contribution is 9.10. The molecule has 8 heteroatoms. The van der Waals surface area contributed by atoms with Crippen molar-refractivity contribution in [3.63, 3.8) is 0 Å². The molecule has 0 heterocycles. The molecule has 1 aromatic rings. The predicted octanol–water partition coefficient (Wildman–Crippen LogP) is 3.19. The van der Waals surface area contributed by atoms with Crippen LogP contribution in [0.2, 0.25) is 0 Å². The molecule has 0 unspecified atom stereocenters. The van der Waals surface area contributed by atoms with E-state index in [-0.39, 0.29) is 10.8 Å². The smallest absolute Gasteiger partial charge is 0.298 e. The van der Waals surface area contributed by atoms with Crippen molar-refractivity contribution in [2.24, 2.45) is 0 Å². The van der Waals surface area contributed by atoms with Crippen LogP contribution in [0.5, 0.6) is 0 Å². The normalized spacial score (nSPS) is 11.2. The molecule has 0 saturated heterocycles. The van der Waals surface area contributed by atoms with Crippen LogP contribution in [0.4, 0.5) is 18.9 Å². The Morgan fingerprint density at radius 1 is 1.38 bits per heavy atom. The second kappa shape index (κ2) is 4.20. The minimum absolute atomic E-state index is 0.0120. The van der Waals surface area contributed by atoms with Crippen LogP contribution in [-0.2, 0) is 6.18 Å². The van der Waals surface area contributed by atoms with Gasteiger partial charge in [0.2, 0.25) is 0 Å². The van der Waals surface area contributed by atoms with Gasteiger partial charge >= 0.3 is 6.18 Å². The molecule has 86 valence electrons. The summed E-state index contributed by atoms with van der Waals surface area (Å²) in [7, 11) is 0. The van der Waals surface area contributed by atoms with E-state index in [1.165, 1.54) is 0 Å². The van der Waals surface area contributed by atoms with E-state index in [2.05, 4.69) is 15.9 Å². The molecule has 0 atom stereocenters. The number of halogens is 4. The Balaban J connectivity index is 3.64. The Kier molecular flexibility index (Phi) is 3.32. The number of carbonyl (C=O) groups is 1. The number of nitro groups is 1. The van der Waals surface area contributed by atoms with E-state index < -0.39 is 27.9 Å². The number of nitrogens with zero attached hydrogens (tertiary/aromatic N) is 1. The number of rotatable bonds is 2. The maximum atomic E-state index is 12.5. The zero-order valence-electron chi connectivity index (χ0n) is 7.42. The van der Waals surface area contributed by atoms with Crippen molar-refractivity contribution < 1.29 is 22.9 Å². The van der Waals surface area contributed by atoms with Crippen LogP contribution in [0.25, 0.3) is 0 Å². The number of benzene rings is 1. The number of alkyl halides is 3. The van der Waals surface area contributed by atoms with Gasteiger partial charge in [0.1, 0.15) is 5.56 Å². The fourth-order valence-corrected chi connectivity index (χ4v) is 1.61. The number of aldehydes is 1. The van der Waals surface area contributed by atoms with Gasteiger partial charge in [-0.15, -0.1) is 0 Å². The molecule has 4 nitrogen and oxygen atoms in total. The van der Waals surface area contributed by atoms with Crippen LogP contribution in [0.15, 0.2) is 16.6 Å². The zero-order chi connectivity index (χ0) is 12.5. The third-order valence-corrected chi connectivity index (χ3v) is 2.18. The van der Waals surface area contributed by atoms with Gasteiger partial charge in [0.05, 0.1) is 10.5 Å². The van der Waals surface area contributed by atoms with Crippen LogP contribution < -0.4 is 0 Å². The second-order valence-corrected chi connectivity index (χ2v) is 3.68. The molecule has 0 radical (unpaired) electrons. The Morgan fingerprint density at radius 2 is 1.94 bits per heavy atom. The van der Waals surface area contributed by atoms with Crippen LogP contribution in [0.3, 0.4) is 0 Å². The molecule has 0 spiro atoms. The molecule has 0 amide bonds. The Labute approximate surface area is 95.3 Å². The van der Waals surface area contributed by atoms with Crippen molar-refractivity contribution in [2.45, 2.75) is 6.18 Å². The summed E-state index contributed by atoms with van der Waals surface area (Å²) in [5, 5.41) is 10.5. The van der Waals surface area contributed by atoms with Crippen LogP contribution >= 0.6 is 15.9 Å². The lowest BCUT2D eigenvalue weighted by molar-refractivity contribution is -0.388. The maximum Gasteiger partial charge on any atom is 0.423 e. The van der Waals surface area contributed by atoms with E-state index in [9.17, 15) is 28.1 Å². The van der Waals surface area contributed by atoms with Crippen molar-refractivity contribution in [2.75, 3.05) is 0 Å². The zero-order valence-corrected chi connectivity index (χ0v) is 9.00. The lowest BCUT2D eigenvalue weighted by Crippen LogP contribution is -2.11. The van der Waals surface area contributed by atoms with Crippen molar-refractivity contribution in [1.82, 2.24) is 0 Å². The highest BCUT2D eigenvalue weighted by atomic mass is 79.9. The monoisotopic (exact) mass is 297 g/mol. The molecular formula is C8H3BrF3NO3. The van der Waals surface area contributed by atoms with Gasteiger partial charge in [0, 0.05) is 4.47 Å². The highest BCUT2D eigenvalue weighted by Crippen LogP contribution is 2.39. The van der Waals surface area contributed by atoms with Crippen LogP contribution in [0, 0.1) is 10.1 Å². The average Bonchev–Trinajstić information content (AvgIpc) is 2.14. The second-order valence-electron chi connectivity index (χ2n) is 2.76. The van der Waals surface area contributed by atoms with E-state index in [0.717, 1.165) is 6.07 Å². The molecule has 0 aliphatic rings. The molecule has 1 aromatic carbocycles. The van der Waals surface area contributed by atoms with E-state index in [1.807, 2.05) is 0 Å². The highest BCUT2D eigenvalue weighted by Gasteiger charge is 2.40. The van der Waals surface area contributed by atoms with Crippen molar-refractivity contribution >= 4 is 27.9 Å². The van der Waals surface area contributed by atoms with Gasteiger partial charge in [-0.25, -0.2) is 0 Å². The van der Waals surface area contributed by atoms with E-state index in [1.54, 1.807) is 0 Å². The standard InChI is InChI=1S/C8H3BrF3NO3/c9-5-1-4(3-14)7(13(15)16)6(2-5)8(10,11)12/h1-3H. The first kappa shape index (κ1) is 12.6. The number of hydrogen-bond donors (Lipinski definition) is 0. The minimum atomic E-state index is -4.88. The molecule has 1 rings (SSSR count). The van der Waals surface area contributed by atoms with Gasteiger partial charge in [-0.3, -0.25) is 14.9 Å². The first-order chi connectivity index (χ1) is 7.27. The fraction of sp³-hybridized carbons (Fsp3) is 0.125. The molecule has 0 aliphatic heterocycles. The maximum absolute atomic E-state index is 12.5. The summed E-state index contributed by atoms with van der Waals surface area (Å²) in [6, 6.07) is 1.52. The van der Waals surface area contributed by atoms with Crippen LogP contribution in [0.1, 0.15) is 15.9 Å². The predicted molar refractivity (Wildman–Crippen MR) is 51.2 cm³/mol. The van der Waals surface area contributed by atoms with E-state index >= 15 is 0 Å². The Hall–Kier alpha value is -1.44. The Morgan fingerprint density at radius 3 is 2.31 bits per heavy atom.